The molecule has 2 rings (SSSR count). The summed E-state index contributed by atoms with van der Waals surface area (Å²) in [6.07, 6.45) is 4.03. The zero-order chi connectivity index (χ0) is 15.2. The van der Waals surface area contributed by atoms with Gasteiger partial charge in [0.05, 0.1) is 13.5 Å². The topological polar surface area (TPSA) is 60.3 Å². The van der Waals surface area contributed by atoms with E-state index in [-0.39, 0.29) is 24.3 Å². The number of carbonyl (C=O) groups excluding carboxylic acids is 2. The predicted octanol–water partition coefficient (Wildman–Crippen LogP) is 2.16. The largest absolute Gasteiger partial charge is 0.469 e. The van der Waals surface area contributed by atoms with Gasteiger partial charge in [-0.2, -0.15) is 0 Å². The SMILES string of the molecule is COC(=O)CC(C)NC(=O)c1ccc(-n2cccc2)cc1. The molecule has 1 atom stereocenters. The van der Waals surface area contributed by atoms with Crippen LogP contribution in [0.3, 0.4) is 0 Å². The molecular formula is C16H18N2O3. The summed E-state index contributed by atoms with van der Waals surface area (Å²) in [7, 11) is 1.33. The Morgan fingerprint density at radius 2 is 1.81 bits per heavy atom. The average Bonchev–Trinajstić information content (AvgIpc) is 3.01. The number of carbonyl (C=O) groups is 2. The van der Waals surface area contributed by atoms with E-state index in [1.165, 1.54) is 7.11 Å². The van der Waals surface area contributed by atoms with E-state index in [1.807, 2.05) is 41.2 Å². The van der Waals surface area contributed by atoms with Gasteiger partial charge in [-0.05, 0) is 43.3 Å². The van der Waals surface area contributed by atoms with Crippen LogP contribution in [0.25, 0.3) is 5.69 Å². The minimum Gasteiger partial charge on any atom is -0.469 e. The number of methoxy groups -OCH3 is 1. The number of benzene rings is 1. The second-order valence-corrected chi connectivity index (χ2v) is 4.79. The van der Waals surface area contributed by atoms with Gasteiger partial charge in [0.1, 0.15) is 0 Å². The third-order valence-electron chi connectivity index (χ3n) is 3.11. The number of rotatable bonds is 5. The normalized spacial score (nSPS) is 11.7. The number of aromatic nitrogens is 1. The van der Waals surface area contributed by atoms with Crippen LogP contribution < -0.4 is 5.32 Å². The van der Waals surface area contributed by atoms with Crippen LogP contribution in [-0.4, -0.2) is 29.6 Å². The lowest BCUT2D eigenvalue weighted by molar-refractivity contribution is -0.141. The summed E-state index contributed by atoms with van der Waals surface area (Å²) in [4.78, 5) is 23.2. The molecule has 5 heteroatoms. The number of nitrogens with one attached hydrogen (secondary N) is 1. The molecular weight excluding hydrogens is 268 g/mol. The van der Waals surface area contributed by atoms with Crippen LogP contribution in [0.1, 0.15) is 23.7 Å². The Labute approximate surface area is 123 Å². The van der Waals surface area contributed by atoms with Gasteiger partial charge in [0, 0.05) is 29.7 Å². The highest BCUT2D eigenvalue weighted by atomic mass is 16.5. The van der Waals surface area contributed by atoms with Gasteiger partial charge in [-0.3, -0.25) is 9.59 Å². The summed E-state index contributed by atoms with van der Waals surface area (Å²) in [5.41, 5.74) is 1.54. The van der Waals surface area contributed by atoms with E-state index < -0.39 is 0 Å². The summed E-state index contributed by atoms with van der Waals surface area (Å²) in [6.45, 7) is 1.77. The van der Waals surface area contributed by atoms with Crippen LogP contribution in [0, 0.1) is 0 Å². The zero-order valence-electron chi connectivity index (χ0n) is 12.1. The van der Waals surface area contributed by atoms with Gasteiger partial charge in [0.15, 0.2) is 0 Å². The Hall–Kier alpha value is -2.56. The molecule has 1 heterocycles. The van der Waals surface area contributed by atoms with Crippen LogP contribution in [-0.2, 0) is 9.53 Å². The van der Waals surface area contributed by atoms with Gasteiger partial charge in [0.2, 0.25) is 0 Å². The lowest BCUT2D eigenvalue weighted by Crippen LogP contribution is -2.34. The Morgan fingerprint density at radius 1 is 1.19 bits per heavy atom. The molecule has 1 aromatic heterocycles. The Kier molecular flexibility index (Phi) is 4.77. The van der Waals surface area contributed by atoms with Gasteiger partial charge in [-0.1, -0.05) is 0 Å². The molecule has 0 saturated heterocycles. The molecule has 1 N–H and O–H groups in total. The van der Waals surface area contributed by atoms with Crippen LogP contribution >= 0.6 is 0 Å². The molecule has 110 valence electrons. The molecule has 0 aliphatic heterocycles. The highest BCUT2D eigenvalue weighted by Gasteiger charge is 2.13. The minimum atomic E-state index is -0.342. The summed E-state index contributed by atoms with van der Waals surface area (Å²) in [5.74, 6) is -0.545. The molecule has 0 radical (unpaired) electrons. The van der Waals surface area contributed by atoms with Gasteiger partial charge in [-0.25, -0.2) is 0 Å². The lowest BCUT2D eigenvalue weighted by Gasteiger charge is -2.13. The van der Waals surface area contributed by atoms with E-state index in [1.54, 1.807) is 19.1 Å². The molecule has 1 aromatic carbocycles. The maximum absolute atomic E-state index is 12.1. The number of hydrogen-bond donors (Lipinski definition) is 1. The average molecular weight is 286 g/mol. The van der Waals surface area contributed by atoms with Gasteiger partial charge in [-0.15, -0.1) is 0 Å². The first-order valence-corrected chi connectivity index (χ1v) is 6.71. The first kappa shape index (κ1) is 14.8. The van der Waals surface area contributed by atoms with E-state index in [0.717, 1.165) is 5.69 Å². The molecule has 0 fully saturated rings. The number of hydrogen-bond acceptors (Lipinski definition) is 3. The number of ether oxygens (including phenoxy) is 1. The number of amides is 1. The monoisotopic (exact) mass is 286 g/mol. The number of nitrogens with zero attached hydrogens (tertiary/aromatic N) is 1. The zero-order valence-corrected chi connectivity index (χ0v) is 12.1. The molecule has 2 aromatic rings. The van der Waals surface area contributed by atoms with E-state index in [0.29, 0.717) is 5.56 Å². The standard InChI is InChI=1S/C16H18N2O3/c1-12(11-15(19)21-2)17-16(20)13-5-7-14(8-6-13)18-9-3-4-10-18/h3-10,12H,11H2,1-2H3,(H,17,20). The lowest BCUT2D eigenvalue weighted by atomic mass is 10.1. The highest BCUT2D eigenvalue weighted by molar-refractivity contribution is 5.94. The summed E-state index contributed by atoms with van der Waals surface area (Å²) >= 11 is 0. The third kappa shape index (κ3) is 3.95. The van der Waals surface area contributed by atoms with Gasteiger partial charge >= 0.3 is 5.97 Å². The van der Waals surface area contributed by atoms with Crippen molar-refractivity contribution in [1.29, 1.82) is 0 Å². The molecule has 1 unspecified atom stereocenters. The van der Waals surface area contributed by atoms with Gasteiger partial charge in [0.25, 0.3) is 5.91 Å². The van der Waals surface area contributed by atoms with E-state index >= 15 is 0 Å². The minimum absolute atomic E-state index is 0.156. The third-order valence-corrected chi connectivity index (χ3v) is 3.11. The fraction of sp³-hybridized carbons (Fsp3) is 0.250. The summed E-state index contributed by atoms with van der Waals surface area (Å²) < 4.78 is 6.53. The van der Waals surface area contributed by atoms with Crippen LogP contribution in [0.15, 0.2) is 48.8 Å². The van der Waals surface area contributed by atoms with Gasteiger partial charge < -0.3 is 14.6 Å². The first-order chi connectivity index (χ1) is 10.1. The molecule has 21 heavy (non-hydrogen) atoms. The Balaban J connectivity index is 1.98. The van der Waals surface area contributed by atoms with Crippen molar-refractivity contribution < 1.29 is 14.3 Å². The van der Waals surface area contributed by atoms with E-state index in [2.05, 4.69) is 10.1 Å². The van der Waals surface area contributed by atoms with Crippen molar-refractivity contribution in [3.05, 3.63) is 54.4 Å². The van der Waals surface area contributed by atoms with Crippen LogP contribution in [0.5, 0.6) is 0 Å². The van der Waals surface area contributed by atoms with E-state index in [4.69, 9.17) is 0 Å². The van der Waals surface area contributed by atoms with Crippen LogP contribution in [0.2, 0.25) is 0 Å². The second-order valence-electron chi connectivity index (χ2n) is 4.79. The molecule has 0 bridgehead atoms. The van der Waals surface area contributed by atoms with Crippen molar-refractivity contribution >= 4 is 11.9 Å². The quantitative estimate of drug-likeness (QED) is 0.857. The van der Waals surface area contributed by atoms with Crippen molar-refractivity contribution in [3.8, 4) is 5.69 Å². The van der Waals surface area contributed by atoms with Crippen molar-refractivity contribution in [2.45, 2.75) is 19.4 Å². The van der Waals surface area contributed by atoms with Crippen molar-refractivity contribution in [3.63, 3.8) is 0 Å². The smallest absolute Gasteiger partial charge is 0.307 e. The summed E-state index contributed by atoms with van der Waals surface area (Å²) in [6, 6.07) is 10.9. The molecule has 0 aliphatic carbocycles. The van der Waals surface area contributed by atoms with Crippen molar-refractivity contribution in [2.24, 2.45) is 0 Å². The van der Waals surface area contributed by atoms with E-state index in [9.17, 15) is 9.59 Å². The molecule has 5 nitrogen and oxygen atoms in total. The molecule has 0 spiro atoms. The fourth-order valence-electron chi connectivity index (χ4n) is 1.98. The Morgan fingerprint density at radius 3 is 2.38 bits per heavy atom. The first-order valence-electron chi connectivity index (χ1n) is 6.71. The molecule has 1 amide bonds. The fourth-order valence-corrected chi connectivity index (χ4v) is 1.98. The maximum atomic E-state index is 12.1. The predicted molar refractivity (Wildman–Crippen MR) is 79.3 cm³/mol. The summed E-state index contributed by atoms with van der Waals surface area (Å²) in [5, 5.41) is 2.77. The van der Waals surface area contributed by atoms with Crippen LogP contribution in [0.4, 0.5) is 0 Å². The molecule has 0 aliphatic rings. The Bertz CT molecular complexity index is 603. The molecule has 0 saturated carbocycles. The number of esters is 1. The van der Waals surface area contributed by atoms with Crippen molar-refractivity contribution in [2.75, 3.05) is 7.11 Å². The maximum Gasteiger partial charge on any atom is 0.307 e. The van der Waals surface area contributed by atoms with Crippen molar-refractivity contribution in [1.82, 2.24) is 9.88 Å². The highest BCUT2D eigenvalue weighted by Crippen LogP contribution is 2.10. The second kappa shape index (κ2) is 6.74.